The number of carboxylic acids is 1. The van der Waals surface area contributed by atoms with E-state index in [0.29, 0.717) is 18.4 Å². The van der Waals surface area contributed by atoms with Gasteiger partial charge in [0.1, 0.15) is 5.75 Å². The molecular weight excluding hydrogens is 374 g/mol. The number of non-ortho nitro benzene ring substituents is 1. The third-order valence-corrected chi connectivity index (χ3v) is 4.75. The Morgan fingerprint density at radius 3 is 2.48 bits per heavy atom. The molecule has 1 N–H and O–H groups in total. The highest BCUT2D eigenvalue weighted by molar-refractivity contribution is 5.85. The van der Waals surface area contributed by atoms with Crippen LogP contribution in [0.2, 0.25) is 0 Å². The standard InChI is InChI=1S/C18H27N3O5.ClH/c1-2-20(14-18(22)23)15-8-11-19(12-9-15)10-3-13-26-17-6-4-16(5-7-17)21(24)25;/h4-7,15H,2-3,8-14H2,1H3,(H,22,23);1H. The van der Waals surface area contributed by atoms with E-state index in [4.69, 9.17) is 9.84 Å². The number of nitro groups is 1. The fourth-order valence-corrected chi connectivity index (χ4v) is 3.32. The number of aliphatic carboxylic acids is 1. The zero-order chi connectivity index (χ0) is 18.9. The van der Waals surface area contributed by atoms with Crippen molar-refractivity contribution in [1.29, 1.82) is 0 Å². The smallest absolute Gasteiger partial charge is 0.317 e. The number of ether oxygens (including phenoxy) is 1. The highest BCUT2D eigenvalue weighted by Crippen LogP contribution is 2.18. The van der Waals surface area contributed by atoms with E-state index in [0.717, 1.165) is 45.4 Å². The molecule has 1 saturated heterocycles. The van der Waals surface area contributed by atoms with Crippen molar-refractivity contribution in [1.82, 2.24) is 9.80 Å². The van der Waals surface area contributed by atoms with Crippen molar-refractivity contribution in [3.63, 3.8) is 0 Å². The summed E-state index contributed by atoms with van der Waals surface area (Å²) >= 11 is 0. The number of halogens is 1. The first-order chi connectivity index (χ1) is 12.5. The predicted octanol–water partition coefficient (Wildman–Crippen LogP) is 2.66. The Morgan fingerprint density at radius 2 is 1.96 bits per heavy atom. The first-order valence-corrected chi connectivity index (χ1v) is 9.05. The summed E-state index contributed by atoms with van der Waals surface area (Å²) in [6.07, 6.45) is 2.86. The SMILES string of the molecule is CCN(CC(=O)O)C1CCN(CCCOc2ccc([N+](=O)[O-])cc2)CC1.Cl. The lowest BCUT2D eigenvalue weighted by Gasteiger charge is -2.37. The lowest BCUT2D eigenvalue weighted by atomic mass is 10.0. The van der Waals surface area contributed by atoms with Crippen LogP contribution in [-0.2, 0) is 4.79 Å². The fourth-order valence-electron chi connectivity index (χ4n) is 3.32. The average Bonchev–Trinajstić information content (AvgIpc) is 2.64. The molecule has 1 aliphatic heterocycles. The number of hydrogen-bond donors (Lipinski definition) is 1. The molecule has 152 valence electrons. The first kappa shape index (κ1) is 23.1. The summed E-state index contributed by atoms with van der Waals surface area (Å²) in [7, 11) is 0. The van der Waals surface area contributed by atoms with Gasteiger partial charge in [-0.25, -0.2) is 0 Å². The zero-order valence-corrected chi connectivity index (χ0v) is 16.4. The molecule has 0 aromatic heterocycles. The molecule has 0 radical (unpaired) electrons. The number of rotatable bonds is 10. The van der Waals surface area contributed by atoms with Gasteiger partial charge in [-0.15, -0.1) is 12.4 Å². The molecular formula is C18H28ClN3O5. The van der Waals surface area contributed by atoms with Gasteiger partial charge >= 0.3 is 5.97 Å². The van der Waals surface area contributed by atoms with Crippen LogP contribution in [0.5, 0.6) is 5.75 Å². The molecule has 0 spiro atoms. The summed E-state index contributed by atoms with van der Waals surface area (Å²) in [5.41, 5.74) is 0.0595. The number of piperidine rings is 1. The number of benzene rings is 1. The minimum atomic E-state index is -0.766. The van der Waals surface area contributed by atoms with E-state index in [1.54, 1.807) is 12.1 Å². The van der Waals surface area contributed by atoms with Gasteiger partial charge in [-0.1, -0.05) is 6.92 Å². The summed E-state index contributed by atoms with van der Waals surface area (Å²) in [6.45, 7) is 6.33. The molecule has 0 unspecified atom stereocenters. The second-order valence-corrected chi connectivity index (χ2v) is 6.48. The molecule has 1 fully saturated rings. The van der Waals surface area contributed by atoms with Crippen molar-refractivity contribution in [3.8, 4) is 5.75 Å². The van der Waals surface area contributed by atoms with Crippen molar-refractivity contribution >= 4 is 24.1 Å². The number of likely N-dealkylation sites (tertiary alicyclic amines) is 1. The molecule has 1 aromatic carbocycles. The molecule has 1 heterocycles. The number of nitro benzene ring substituents is 1. The molecule has 1 aromatic rings. The number of carbonyl (C=O) groups is 1. The van der Waals surface area contributed by atoms with Crippen LogP contribution in [0.3, 0.4) is 0 Å². The minimum absolute atomic E-state index is 0. The quantitative estimate of drug-likeness (QED) is 0.365. The minimum Gasteiger partial charge on any atom is -0.494 e. The summed E-state index contributed by atoms with van der Waals surface area (Å²) in [5.74, 6) is -0.126. The Hall–Kier alpha value is -1.90. The molecule has 0 amide bonds. The van der Waals surface area contributed by atoms with E-state index in [9.17, 15) is 14.9 Å². The second kappa shape index (κ2) is 11.7. The zero-order valence-electron chi connectivity index (χ0n) is 15.6. The monoisotopic (exact) mass is 401 g/mol. The van der Waals surface area contributed by atoms with Crippen molar-refractivity contribution in [2.24, 2.45) is 0 Å². The highest BCUT2D eigenvalue weighted by atomic mass is 35.5. The summed E-state index contributed by atoms with van der Waals surface area (Å²) in [5, 5.41) is 19.6. The van der Waals surface area contributed by atoms with Crippen molar-refractivity contribution in [2.75, 3.05) is 39.3 Å². The van der Waals surface area contributed by atoms with Crippen molar-refractivity contribution in [3.05, 3.63) is 34.4 Å². The topological polar surface area (TPSA) is 96.2 Å². The van der Waals surface area contributed by atoms with Crippen LogP contribution >= 0.6 is 12.4 Å². The molecule has 2 rings (SSSR count). The Kier molecular flexibility index (Phi) is 10.1. The van der Waals surface area contributed by atoms with Gasteiger partial charge in [0.15, 0.2) is 0 Å². The molecule has 0 bridgehead atoms. The number of nitrogens with zero attached hydrogens (tertiary/aromatic N) is 3. The van der Waals surface area contributed by atoms with E-state index < -0.39 is 10.9 Å². The van der Waals surface area contributed by atoms with Gasteiger partial charge in [0.25, 0.3) is 5.69 Å². The molecule has 27 heavy (non-hydrogen) atoms. The van der Waals surface area contributed by atoms with Crippen LogP contribution < -0.4 is 4.74 Å². The van der Waals surface area contributed by atoms with E-state index in [1.807, 2.05) is 11.8 Å². The normalized spacial score (nSPS) is 15.3. The average molecular weight is 402 g/mol. The maximum atomic E-state index is 10.9. The third kappa shape index (κ3) is 7.70. The second-order valence-electron chi connectivity index (χ2n) is 6.48. The lowest BCUT2D eigenvalue weighted by Crippen LogP contribution is -2.46. The molecule has 9 heteroatoms. The van der Waals surface area contributed by atoms with E-state index in [-0.39, 0.29) is 24.6 Å². The van der Waals surface area contributed by atoms with Gasteiger partial charge in [0.2, 0.25) is 0 Å². The van der Waals surface area contributed by atoms with Crippen LogP contribution in [0, 0.1) is 10.1 Å². The van der Waals surface area contributed by atoms with Gasteiger partial charge in [0, 0.05) is 24.7 Å². The van der Waals surface area contributed by atoms with Crippen LogP contribution in [0.1, 0.15) is 26.2 Å². The van der Waals surface area contributed by atoms with Crippen LogP contribution in [-0.4, -0.2) is 71.2 Å². The Balaban J connectivity index is 0.00000364. The van der Waals surface area contributed by atoms with Crippen LogP contribution in [0.4, 0.5) is 5.69 Å². The van der Waals surface area contributed by atoms with Gasteiger partial charge in [-0.3, -0.25) is 19.8 Å². The molecule has 0 saturated carbocycles. The summed E-state index contributed by atoms with van der Waals surface area (Å²) in [6, 6.07) is 6.47. The van der Waals surface area contributed by atoms with Gasteiger partial charge in [-0.05, 0) is 51.0 Å². The van der Waals surface area contributed by atoms with Crippen LogP contribution in [0.15, 0.2) is 24.3 Å². The number of likely N-dealkylation sites (N-methyl/N-ethyl adjacent to an activating group) is 1. The third-order valence-electron chi connectivity index (χ3n) is 4.75. The molecule has 0 atom stereocenters. The lowest BCUT2D eigenvalue weighted by molar-refractivity contribution is -0.384. The highest BCUT2D eigenvalue weighted by Gasteiger charge is 2.24. The molecule has 8 nitrogen and oxygen atoms in total. The van der Waals surface area contributed by atoms with Gasteiger partial charge in [-0.2, -0.15) is 0 Å². The maximum absolute atomic E-state index is 10.9. The number of hydrogen-bond acceptors (Lipinski definition) is 6. The van der Waals surface area contributed by atoms with E-state index in [1.165, 1.54) is 12.1 Å². The van der Waals surface area contributed by atoms with E-state index in [2.05, 4.69) is 4.90 Å². The van der Waals surface area contributed by atoms with Crippen molar-refractivity contribution in [2.45, 2.75) is 32.2 Å². The van der Waals surface area contributed by atoms with Gasteiger partial charge < -0.3 is 14.7 Å². The van der Waals surface area contributed by atoms with Crippen LogP contribution in [0.25, 0.3) is 0 Å². The van der Waals surface area contributed by atoms with Crippen molar-refractivity contribution < 1.29 is 19.6 Å². The fraction of sp³-hybridized carbons (Fsp3) is 0.611. The first-order valence-electron chi connectivity index (χ1n) is 9.05. The summed E-state index contributed by atoms with van der Waals surface area (Å²) in [4.78, 5) is 25.5. The number of carboxylic acid groups (broad SMARTS) is 1. The maximum Gasteiger partial charge on any atom is 0.317 e. The summed E-state index contributed by atoms with van der Waals surface area (Å²) < 4.78 is 5.63. The Labute approximate surface area is 165 Å². The van der Waals surface area contributed by atoms with E-state index >= 15 is 0 Å². The Bertz CT molecular complexity index is 591. The largest absolute Gasteiger partial charge is 0.494 e. The van der Waals surface area contributed by atoms with Gasteiger partial charge in [0.05, 0.1) is 18.1 Å². The molecule has 1 aliphatic rings. The molecule has 0 aliphatic carbocycles. The predicted molar refractivity (Wildman–Crippen MR) is 105 cm³/mol. The Morgan fingerprint density at radius 1 is 1.33 bits per heavy atom.